The Morgan fingerprint density at radius 1 is 1.35 bits per heavy atom. The molecule has 3 nitrogen and oxygen atoms in total. The van der Waals surface area contributed by atoms with E-state index in [1.54, 1.807) is 0 Å². The fraction of sp³-hybridized carbons (Fsp3) is 0.333. The van der Waals surface area contributed by atoms with E-state index in [1.807, 2.05) is 26.1 Å². The van der Waals surface area contributed by atoms with Crippen molar-refractivity contribution in [3.63, 3.8) is 0 Å². The molecular weight excluding hydrogens is 254 g/mol. The fourth-order valence-electron chi connectivity index (χ4n) is 1.77. The third-order valence-corrected chi connectivity index (χ3v) is 3.82. The Labute approximate surface area is 110 Å². The van der Waals surface area contributed by atoms with Gasteiger partial charge in [-0.15, -0.1) is 11.3 Å². The van der Waals surface area contributed by atoms with Gasteiger partial charge in [-0.3, -0.25) is 0 Å². The second kappa shape index (κ2) is 5.02. The van der Waals surface area contributed by atoms with E-state index >= 15 is 0 Å². The lowest BCUT2D eigenvalue weighted by Crippen LogP contribution is -2.04. The van der Waals surface area contributed by atoms with E-state index in [0.717, 1.165) is 33.0 Å². The molecule has 0 saturated heterocycles. The maximum absolute atomic E-state index is 5.93. The van der Waals surface area contributed by atoms with Gasteiger partial charge in [0.05, 0.1) is 9.21 Å². The van der Waals surface area contributed by atoms with E-state index in [4.69, 9.17) is 11.6 Å². The largest absolute Gasteiger partial charge is 0.373 e. The minimum Gasteiger partial charge on any atom is -0.373 e. The zero-order chi connectivity index (χ0) is 12.4. The number of hydrogen-bond acceptors (Lipinski definition) is 4. The lowest BCUT2D eigenvalue weighted by molar-refractivity contribution is 1.00. The summed E-state index contributed by atoms with van der Waals surface area (Å²) in [6, 6.07) is 3.82. The van der Waals surface area contributed by atoms with Crippen LogP contribution in [0.25, 0.3) is 10.7 Å². The van der Waals surface area contributed by atoms with E-state index in [-0.39, 0.29) is 0 Å². The Balaban J connectivity index is 2.53. The van der Waals surface area contributed by atoms with Gasteiger partial charge >= 0.3 is 0 Å². The highest BCUT2D eigenvalue weighted by atomic mass is 35.5. The first kappa shape index (κ1) is 12.3. The Kier molecular flexibility index (Phi) is 3.64. The van der Waals surface area contributed by atoms with Crippen molar-refractivity contribution in [3.8, 4) is 10.7 Å². The monoisotopic (exact) mass is 267 g/mol. The van der Waals surface area contributed by atoms with Gasteiger partial charge in [-0.1, -0.05) is 18.5 Å². The molecule has 0 atom stereocenters. The zero-order valence-corrected chi connectivity index (χ0v) is 11.6. The molecule has 2 rings (SSSR count). The molecule has 0 amide bonds. The summed E-state index contributed by atoms with van der Waals surface area (Å²) in [5, 5.41) is 3.12. The minimum absolute atomic E-state index is 0.737. The first-order valence-electron chi connectivity index (χ1n) is 5.46. The molecule has 2 aromatic heterocycles. The number of aryl methyl sites for hydroxylation is 1. The van der Waals surface area contributed by atoms with Crippen LogP contribution >= 0.6 is 22.9 Å². The second-order valence-electron chi connectivity index (χ2n) is 3.67. The van der Waals surface area contributed by atoms with Crippen molar-refractivity contribution < 1.29 is 0 Å². The maximum atomic E-state index is 5.93. The van der Waals surface area contributed by atoms with Crippen LogP contribution < -0.4 is 5.32 Å². The Morgan fingerprint density at radius 3 is 2.65 bits per heavy atom. The van der Waals surface area contributed by atoms with E-state index in [9.17, 15) is 0 Å². The first-order chi connectivity index (χ1) is 8.15. The standard InChI is InChI=1S/C12H14ClN3S/c1-4-8-7(2)15-12(16-11(8)14-3)9-5-6-10(13)17-9/h5-6H,4H2,1-3H3,(H,14,15,16). The van der Waals surface area contributed by atoms with Crippen molar-refractivity contribution in [2.24, 2.45) is 0 Å². The Morgan fingerprint density at radius 2 is 2.12 bits per heavy atom. The van der Waals surface area contributed by atoms with Crippen molar-refractivity contribution in [1.82, 2.24) is 9.97 Å². The quantitative estimate of drug-likeness (QED) is 0.920. The number of nitrogens with one attached hydrogen (secondary N) is 1. The predicted octanol–water partition coefficient (Wildman–Crippen LogP) is 3.77. The smallest absolute Gasteiger partial charge is 0.171 e. The highest BCUT2D eigenvalue weighted by Crippen LogP contribution is 2.30. The van der Waals surface area contributed by atoms with E-state index < -0.39 is 0 Å². The predicted molar refractivity (Wildman–Crippen MR) is 74.0 cm³/mol. The zero-order valence-electron chi connectivity index (χ0n) is 10.0. The van der Waals surface area contributed by atoms with Crippen LogP contribution in [0.4, 0.5) is 5.82 Å². The molecule has 0 radical (unpaired) electrons. The van der Waals surface area contributed by atoms with Gasteiger partial charge < -0.3 is 5.32 Å². The normalized spacial score (nSPS) is 10.6. The highest BCUT2D eigenvalue weighted by molar-refractivity contribution is 7.19. The summed E-state index contributed by atoms with van der Waals surface area (Å²) < 4.78 is 0.756. The average Bonchev–Trinajstić information content (AvgIpc) is 2.74. The highest BCUT2D eigenvalue weighted by Gasteiger charge is 2.11. The van der Waals surface area contributed by atoms with Gasteiger partial charge in [0.25, 0.3) is 0 Å². The van der Waals surface area contributed by atoms with Crippen LogP contribution in [-0.2, 0) is 6.42 Å². The number of hydrogen-bond donors (Lipinski definition) is 1. The molecule has 5 heteroatoms. The summed E-state index contributed by atoms with van der Waals surface area (Å²) in [6.45, 7) is 4.12. The van der Waals surface area contributed by atoms with Crippen LogP contribution in [-0.4, -0.2) is 17.0 Å². The van der Waals surface area contributed by atoms with Crippen LogP contribution in [0.5, 0.6) is 0 Å². The average molecular weight is 268 g/mol. The van der Waals surface area contributed by atoms with Crippen molar-refractivity contribution >= 4 is 28.8 Å². The van der Waals surface area contributed by atoms with Gasteiger partial charge in [0.2, 0.25) is 0 Å². The first-order valence-corrected chi connectivity index (χ1v) is 6.66. The summed E-state index contributed by atoms with van der Waals surface area (Å²) in [5.74, 6) is 1.64. The van der Waals surface area contributed by atoms with E-state index in [2.05, 4.69) is 22.2 Å². The molecule has 2 heterocycles. The van der Waals surface area contributed by atoms with Crippen molar-refractivity contribution in [2.45, 2.75) is 20.3 Å². The van der Waals surface area contributed by atoms with Crippen LogP contribution in [0.1, 0.15) is 18.2 Å². The SMILES string of the molecule is CCc1c(C)nc(-c2ccc(Cl)s2)nc1NC. The third kappa shape index (κ3) is 2.42. The third-order valence-electron chi connectivity index (χ3n) is 2.60. The van der Waals surface area contributed by atoms with E-state index in [0.29, 0.717) is 0 Å². The van der Waals surface area contributed by atoms with Crippen LogP contribution in [0.15, 0.2) is 12.1 Å². The number of halogens is 1. The number of aromatic nitrogens is 2. The molecule has 1 N–H and O–H groups in total. The van der Waals surface area contributed by atoms with Gasteiger partial charge in [-0.05, 0) is 25.5 Å². The van der Waals surface area contributed by atoms with Crippen LogP contribution in [0.3, 0.4) is 0 Å². The topological polar surface area (TPSA) is 37.8 Å². The van der Waals surface area contributed by atoms with E-state index in [1.165, 1.54) is 16.9 Å². The summed E-state index contributed by atoms with van der Waals surface area (Å²) >= 11 is 7.42. The molecule has 0 bridgehead atoms. The Hall–Kier alpha value is -1.13. The van der Waals surface area contributed by atoms with Crippen LogP contribution in [0.2, 0.25) is 4.34 Å². The molecule has 0 unspecified atom stereocenters. The molecule has 0 aromatic carbocycles. The summed E-state index contributed by atoms with van der Waals surface area (Å²) in [6.07, 6.45) is 0.924. The van der Waals surface area contributed by atoms with Gasteiger partial charge in [-0.2, -0.15) is 0 Å². The number of thiophene rings is 1. The molecule has 0 aliphatic carbocycles. The van der Waals surface area contributed by atoms with Gasteiger partial charge in [0.15, 0.2) is 5.82 Å². The summed E-state index contributed by atoms with van der Waals surface area (Å²) in [4.78, 5) is 10.1. The Bertz CT molecular complexity index is 537. The number of nitrogens with zero attached hydrogens (tertiary/aromatic N) is 2. The lowest BCUT2D eigenvalue weighted by atomic mass is 10.1. The summed E-state index contributed by atoms with van der Waals surface area (Å²) in [7, 11) is 1.88. The minimum atomic E-state index is 0.737. The molecular formula is C12H14ClN3S. The van der Waals surface area contributed by atoms with Crippen molar-refractivity contribution in [2.75, 3.05) is 12.4 Å². The van der Waals surface area contributed by atoms with Gasteiger partial charge in [0.1, 0.15) is 5.82 Å². The lowest BCUT2D eigenvalue weighted by Gasteiger charge is -2.10. The number of rotatable bonds is 3. The van der Waals surface area contributed by atoms with Crippen molar-refractivity contribution in [3.05, 3.63) is 27.7 Å². The van der Waals surface area contributed by atoms with Gasteiger partial charge in [-0.25, -0.2) is 9.97 Å². The molecule has 2 aromatic rings. The van der Waals surface area contributed by atoms with Crippen molar-refractivity contribution in [1.29, 1.82) is 0 Å². The molecule has 17 heavy (non-hydrogen) atoms. The number of anilines is 1. The molecule has 0 aliphatic rings. The summed E-state index contributed by atoms with van der Waals surface area (Å²) in [5.41, 5.74) is 2.19. The molecule has 0 aliphatic heterocycles. The molecule has 0 fully saturated rings. The van der Waals surface area contributed by atoms with Gasteiger partial charge in [0, 0.05) is 18.3 Å². The maximum Gasteiger partial charge on any atom is 0.171 e. The van der Waals surface area contributed by atoms with Crippen LogP contribution in [0, 0.1) is 6.92 Å². The fourth-order valence-corrected chi connectivity index (χ4v) is 2.75. The second-order valence-corrected chi connectivity index (χ2v) is 5.38. The molecule has 0 spiro atoms. The molecule has 90 valence electrons. The molecule has 0 saturated carbocycles.